The Morgan fingerprint density at radius 1 is 1.47 bits per heavy atom. The standard InChI is InChI=1S/C12H17N3O2/c1-12(2)5-6-14(8-12)9-3-4-11(15(16)17)10(13)7-9/h3-4,7H,5-6,8,13H2,1-2H3. The minimum atomic E-state index is -0.451. The van der Waals surface area contributed by atoms with Crippen molar-refractivity contribution in [3.63, 3.8) is 0 Å². The fourth-order valence-corrected chi connectivity index (χ4v) is 2.24. The SMILES string of the molecule is CC1(C)CCN(c2ccc([N+](=O)[O-])c(N)c2)C1. The fourth-order valence-electron chi connectivity index (χ4n) is 2.24. The molecule has 0 atom stereocenters. The second-order valence-corrected chi connectivity index (χ2v) is 5.34. The Kier molecular flexibility index (Phi) is 2.69. The molecule has 1 fully saturated rings. The molecule has 1 saturated heterocycles. The molecule has 0 spiro atoms. The molecule has 1 heterocycles. The van der Waals surface area contributed by atoms with E-state index < -0.39 is 4.92 Å². The molecule has 17 heavy (non-hydrogen) atoms. The molecule has 2 N–H and O–H groups in total. The van der Waals surface area contributed by atoms with Gasteiger partial charge in [0, 0.05) is 24.8 Å². The lowest BCUT2D eigenvalue weighted by Crippen LogP contribution is -2.22. The zero-order chi connectivity index (χ0) is 12.6. The maximum Gasteiger partial charge on any atom is 0.292 e. The first-order valence-corrected chi connectivity index (χ1v) is 5.68. The average Bonchev–Trinajstić information content (AvgIpc) is 2.58. The second kappa shape index (κ2) is 3.91. The number of hydrogen-bond donors (Lipinski definition) is 1. The first-order valence-electron chi connectivity index (χ1n) is 5.68. The van der Waals surface area contributed by atoms with Gasteiger partial charge in [0.25, 0.3) is 5.69 Å². The molecule has 5 heteroatoms. The van der Waals surface area contributed by atoms with Crippen LogP contribution in [0.3, 0.4) is 0 Å². The van der Waals surface area contributed by atoms with E-state index in [-0.39, 0.29) is 11.4 Å². The summed E-state index contributed by atoms with van der Waals surface area (Å²) < 4.78 is 0. The molecule has 0 radical (unpaired) electrons. The van der Waals surface area contributed by atoms with Crippen LogP contribution in [0.4, 0.5) is 17.1 Å². The summed E-state index contributed by atoms with van der Waals surface area (Å²) in [5, 5.41) is 10.7. The van der Waals surface area contributed by atoms with E-state index in [1.807, 2.05) is 0 Å². The molecule has 0 amide bonds. The predicted molar refractivity (Wildman–Crippen MR) is 68.1 cm³/mol. The van der Waals surface area contributed by atoms with Gasteiger partial charge in [-0.3, -0.25) is 10.1 Å². The number of nitrogens with zero attached hydrogens (tertiary/aromatic N) is 2. The molecule has 1 aromatic carbocycles. The van der Waals surface area contributed by atoms with Gasteiger partial charge in [0.1, 0.15) is 5.69 Å². The van der Waals surface area contributed by atoms with Gasteiger partial charge in [-0.2, -0.15) is 0 Å². The van der Waals surface area contributed by atoms with E-state index in [1.54, 1.807) is 12.1 Å². The maximum atomic E-state index is 10.7. The van der Waals surface area contributed by atoms with E-state index in [2.05, 4.69) is 18.7 Å². The number of nitrogen functional groups attached to an aromatic ring is 1. The van der Waals surface area contributed by atoms with Crippen molar-refractivity contribution in [3.05, 3.63) is 28.3 Å². The minimum Gasteiger partial charge on any atom is -0.393 e. The summed E-state index contributed by atoms with van der Waals surface area (Å²) in [4.78, 5) is 12.4. The van der Waals surface area contributed by atoms with Crippen LogP contribution in [0, 0.1) is 15.5 Å². The van der Waals surface area contributed by atoms with Crippen LogP contribution in [-0.2, 0) is 0 Å². The summed E-state index contributed by atoms with van der Waals surface area (Å²) in [6.45, 7) is 6.39. The molecule has 2 rings (SSSR count). The minimum absolute atomic E-state index is 0.0211. The largest absolute Gasteiger partial charge is 0.393 e. The normalized spacial score (nSPS) is 18.4. The van der Waals surface area contributed by atoms with Crippen molar-refractivity contribution in [1.29, 1.82) is 0 Å². The van der Waals surface area contributed by atoms with Gasteiger partial charge < -0.3 is 10.6 Å². The highest BCUT2D eigenvalue weighted by Gasteiger charge is 2.29. The van der Waals surface area contributed by atoms with Crippen LogP contribution in [0.2, 0.25) is 0 Å². The van der Waals surface area contributed by atoms with Crippen LogP contribution in [0.5, 0.6) is 0 Å². The monoisotopic (exact) mass is 235 g/mol. The Balaban J connectivity index is 2.24. The zero-order valence-corrected chi connectivity index (χ0v) is 10.1. The van der Waals surface area contributed by atoms with Crippen LogP contribution in [0.1, 0.15) is 20.3 Å². The molecule has 1 aliphatic rings. The molecular weight excluding hydrogens is 218 g/mol. The van der Waals surface area contributed by atoms with Crippen molar-refractivity contribution in [1.82, 2.24) is 0 Å². The number of nitrogens with two attached hydrogens (primary N) is 1. The summed E-state index contributed by atoms with van der Waals surface area (Å²) >= 11 is 0. The molecule has 1 aliphatic heterocycles. The van der Waals surface area contributed by atoms with Crippen LogP contribution >= 0.6 is 0 Å². The fraction of sp³-hybridized carbons (Fsp3) is 0.500. The molecular formula is C12H17N3O2. The van der Waals surface area contributed by atoms with E-state index in [4.69, 9.17) is 5.73 Å². The van der Waals surface area contributed by atoms with Gasteiger partial charge >= 0.3 is 0 Å². The van der Waals surface area contributed by atoms with Gasteiger partial charge in [-0.25, -0.2) is 0 Å². The Morgan fingerprint density at radius 2 is 2.18 bits per heavy atom. The summed E-state index contributed by atoms with van der Waals surface area (Å²) in [7, 11) is 0. The summed E-state index contributed by atoms with van der Waals surface area (Å²) in [5.41, 5.74) is 7.17. The molecule has 92 valence electrons. The van der Waals surface area contributed by atoms with E-state index in [1.165, 1.54) is 6.07 Å². The second-order valence-electron chi connectivity index (χ2n) is 5.34. The highest BCUT2D eigenvalue weighted by atomic mass is 16.6. The quantitative estimate of drug-likeness (QED) is 0.485. The van der Waals surface area contributed by atoms with Crippen molar-refractivity contribution in [2.24, 2.45) is 5.41 Å². The van der Waals surface area contributed by atoms with Crippen molar-refractivity contribution in [2.45, 2.75) is 20.3 Å². The van der Waals surface area contributed by atoms with Crippen LogP contribution in [0.25, 0.3) is 0 Å². The lowest BCUT2D eigenvalue weighted by Gasteiger charge is -2.21. The molecule has 0 bridgehead atoms. The molecule has 0 saturated carbocycles. The summed E-state index contributed by atoms with van der Waals surface area (Å²) in [6.07, 6.45) is 1.13. The molecule has 0 aromatic heterocycles. The first kappa shape index (κ1) is 11.7. The van der Waals surface area contributed by atoms with Gasteiger partial charge in [-0.15, -0.1) is 0 Å². The highest BCUT2D eigenvalue weighted by Crippen LogP contribution is 2.34. The molecule has 5 nitrogen and oxygen atoms in total. The lowest BCUT2D eigenvalue weighted by molar-refractivity contribution is -0.383. The van der Waals surface area contributed by atoms with Gasteiger partial charge in [0.2, 0.25) is 0 Å². The molecule has 1 aromatic rings. The predicted octanol–water partition coefficient (Wildman–Crippen LogP) is 2.41. The first-order chi connectivity index (χ1) is 7.89. The number of anilines is 2. The van der Waals surface area contributed by atoms with E-state index in [0.717, 1.165) is 25.2 Å². The van der Waals surface area contributed by atoms with Crippen molar-refractivity contribution in [3.8, 4) is 0 Å². The number of nitro benzene ring substituents is 1. The zero-order valence-electron chi connectivity index (χ0n) is 10.1. The van der Waals surface area contributed by atoms with Crippen molar-refractivity contribution < 1.29 is 4.92 Å². The van der Waals surface area contributed by atoms with Gasteiger partial charge in [0.15, 0.2) is 0 Å². The van der Waals surface area contributed by atoms with E-state index in [0.29, 0.717) is 5.41 Å². The maximum absolute atomic E-state index is 10.7. The lowest BCUT2D eigenvalue weighted by atomic mass is 9.93. The summed E-state index contributed by atoms with van der Waals surface area (Å²) in [6, 6.07) is 4.95. The van der Waals surface area contributed by atoms with E-state index in [9.17, 15) is 10.1 Å². The Bertz CT molecular complexity index is 457. The average molecular weight is 235 g/mol. The highest BCUT2D eigenvalue weighted by molar-refractivity contribution is 5.66. The third-order valence-electron chi connectivity index (χ3n) is 3.25. The Labute approximate surface area is 100 Å². The summed E-state index contributed by atoms with van der Waals surface area (Å²) in [5.74, 6) is 0. The topological polar surface area (TPSA) is 72.4 Å². The smallest absolute Gasteiger partial charge is 0.292 e. The molecule has 0 aliphatic carbocycles. The Hall–Kier alpha value is -1.78. The van der Waals surface area contributed by atoms with Gasteiger partial charge in [-0.1, -0.05) is 13.8 Å². The van der Waals surface area contributed by atoms with Crippen molar-refractivity contribution in [2.75, 3.05) is 23.7 Å². The third-order valence-corrected chi connectivity index (χ3v) is 3.25. The number of rotatable bonds is 2. The van der Waals surface area contributed by atoms with Crippen LogP contribution in [-0.4, -0.2) is 18.0 Å². The third kappa shape index (κ3) is 2.33. The number of benzene rings is 1. The van der Waals surface area contributed by atoms with Crippen LogP contribution in [0.15, 0.2) is 18.2 Å². The number of nitro groups is 1. The van der Waals surface area contributed by atoms with Gasteiger partial charge in [0.05, 0.1) is 4.92 Å². The molecule has 0 unspecified atom stereocenters. The van der Waals surface area contributed by atoms with Crippen molar-refractivity contribution >= 4 is 17.1 Å². The van der Waals surface area contributed by atoms with E-state index >= 15 is 0 Å². The van der Waals surface area contributed by atoms with Crippen LogP contribution < -0.4 is 10.6 Å². The van der Waals surface area contributed by atoms with Gasteiger partial charge in [-0.05, 0) is 24.0 Å². The number of hydrogen-bond acceptors (Lipinski definition) is 4. The Morgan fingerprint density at radius 3 is 2.65 bits per heavy atom.